The Balaban J connectivity index is 1.52. The highest BCUT2D eigenvalue weighted by Crippen LogP contribution is 2.23. The molecule has 22 heavy (non-hydrogen) atoms. The van der Waals surface area contributed by atoms with Crippen molar-refractivity contribution in [2.75, 3.05) is 19.6 Å². The molecule has 1 N–H and O–H groups in total. The maximum absolute atomic E-state index is 10.2. The van der Waals surface area contributed by atoms with E-state index in [-0.39, 0.29) is 6.10 Å². The van der Waals surface area contributed by atoms with Crippen molar-refractivity contribution in [1.29, 1.82) is 0 Å². The van der Waals surface area contributed by atoms with Crippen molar-refractivity contribution in [2.45, 2.75) is 18.9 Å². The monoisotopic (exact) mass is 297 g/mol. The number of aryl methyl sites for hydroxylation is 1. The van der Waals surface area contributed by atoms with E-state index in [1.165, 1.54) is 11.3 Å². The van der Waals surface area contributed by atoms with Gasteiger partial charge >= 0.3 is 0 Å². The molecule has 0 fully saturated rings. The molecular formula is C18H23N3O. The van der Waals surface area contributed by atoms with E-state index < -0.39 is 0 Å². The minimum absolute atomic E-state index is 0.372. The van der Waals surface area contributed by atoms with Crippen molar-refractivity contribution in [2.24, 2.45) is 7.05 Å². The molecule has 0 saturated carbocycles. The first-order valence-electron chi connectivity index (χ1n) is 7.87. The Morgan fingerprint density at radius 1 is 1.23 bits per heavy atom. The van der Waals surface area contributed by atoms with E-state index in [0.29, 0.717) is 0 Å². The molecule has 1 atom stereocenters. The van der Waals surface area contributed by atoms with Crippen LogP contribution in [-0.2, 0) is 7.05 Å². The predicted octanol–water partition coefficient (Wildman–Crippen LogP) is 2.63. The fourth-order valence-corrected chi connectivity index (χ4v) is 2.98. The molecule has 1 aromatic heterocycles. The summed E-state index contributed by atoms with van der Waals surface area (Å²) in [5, 5.41) is 14.5. The smallest absolute Gasteiger partial charge is 0.0802 e. The van der Waals surface area contributed by atoms with Crippen LogP contribution in [0.1, 0.15) is 30.2 Å². The third-order valence-electron chi connectivity index (χ3n) is 4.35. The molecule has 1 aromatic carbocycles. The van der Waals surface area contributed by atoms with Crippen LogP contribution in [0.2, 0.25) is 0 Å². The summed E-state index contributed by atoms with van der Waals surface area (Å²) in [4.78, 5) is 2.39. The van der Waals surface area contributed by atoms with Crippen LogP contribution in [0, 0.1) is 0 Å². The van der Waals surface area contributed by atoms with Gasteiger partial charge in [-0.05, 0) is 30.0 Å². The number of aliphatic hydroxyl groups excluding tert-OH is 1. The molecule has 0 bridgehead atoms. The number of nitrogens with zero attached hydrogens (tertiary/aromatic N) is 3. The van der Waals surface area contributed by atoms with Crippen molar-refractivity contribution in [1.82, 2.24) is 14.7 Å². The second kappa shape index (κ2) is 6.90. The van der Waals surface area contributed by atoms with Crippen molar-refractivity contribution >= 4 is 5.57 Å². The summed E-state index contributed by atoms with van der Waals surface area (Å²) in [5.74, 6) is 0. The SMILES string of the molecule is Cn1nccc1C1=CCN(CC[C@H](O)c2ccccc2)CC1. The summed E-state index contributed by atoms with van der Waals surface area (Å²) in [6, 6.07) is 12.0. The quantitative estimate of drug-likeness (QED) is 0.922. The molecular weight excluding hydrogens is 274 g/mol. The molecule has 0 aliphatic carbocycles. The molecule has 2 aromatic rings. The van der Waals surface area contributed by atoms with Gasteiger partial charge in [0.1, 0.15) is 0 Å². The van der Waals surface area contributed by atoms with Crippen LogP contribution in [-0.4, -0.2) is 39.4 Å². The summed E-state index contributed by atoms with van der Waals surface area (Å²) >= 11 is 0. The van der Waals surface area contributed by atoms with Crippen LogP contribution >= 0.6 is 0 Å². The van der Waals surface area contributed by atoms with Gasteiger partial charge in [-0.2, -0.15) is 5.10 Å². The predicted molar refractivity (Wildman–Crippen MR) is 88.3 cm³/mol. The standard InChI is InChI=1S/C18H23N3O/c1-20-17(7-11-19-20)15-8-12-21(13-9-15)14-10-18(22)16-5-3-2-4-6-16/h2-8,11,18,22H,9-10,12-14H2,1H3/t18-/m0/s1. The topological polar surface area (TPSA) is 41.3 Å². The second-order valence-corrected chi connectivity index (χ2v) is 5.84. The number of rotatable bonds is 5. The lowest BCUT2D eigenvalue weighted by atomic mass is 10.0. The maximum atomic E-state index is 10.2. The fourth-order valence-electron chi connectivity index (χ4n) is 2.98. The zero-order chi connectivity index (χ0) is 15.4. The number of aliphatic hydroxyl groups is 1. The highest BCUT2D eigenvalue weighted by molar-refractivity contribution is 5.63. The van der Waals surface area contributed by atoms with Gasteiger partial charge in [0.2, 0.25) is 0 Å². The zero-order valence-electron chi connectivity index (χ0n) is 13.0. The fraction of sp³-hybridized carbons (Fsp3) is 0.389. The van der Waals surface area contributed by atoms with Crippen molar-refractivity contribution < 1.29 is 5.11 Å². The summed E-state index contributed by atoms with van der Waals surface area (Å²) in [6.07, 6.45) is 5.58. The van der Waals surface area contributed by atoms with Crippen molar-refractivity contribution in [3.8, 4) is 0 Å². The van der Waals surface area contributed by atoms with Gasteiger partial charge in [-0.1, -0.05) is 36.4 Å². The Morgan fingerprint density at radius 2 is 2.05 bits per heavy atom. The number of hydrogen-bond donors (Lipinski definition) is 1. The Kier molecular flexibility index (Phi) is 4.71. The minimum Gasteiger partial charge on any atom is -0.388 e. The van der Waals surface area contributed by atoms with Gasteiger partial charge in [-0.15, -0.1) is 0 Å². The molecule has 4 heteroatoms. The Morgan fingerprint density at radius 3 is 2.68 bits per heavy atom. The lowest BCUT2D eigenvalue weighted by Gasteiger charge is -2.27. The Hall–Kier alpha value is -1.91. The van der Waals surface area contributed by atoms with E-state index >= 15 is 0 Å². The zero-order valence-corrected chi connectivity index (χ0v) is 13.0. The van der Waals surface area contributed by atoms with E-state index in [4.69, 9.17) is 0 Å². The molecule has 1 aliphatic rings. The van der Waals surface area contributed by atoms with Crippen molar-refractivity contribution in [3.63, 3.8) is 0 Å². The Bertz CT molecular complexity index is 633. The van der Waals surface area contributed by atoms with Crippen molar-refractivity contribution in [3.05, 3.63) is 59.9 Å². The lowest BCUT2D eigenvalue weighted by molar-refractivity contribution is 0.145. The van der Waals surface area contributed by atoms with Crippen LogP contribution in [0.3, 0.4) is 0 Å². The first-order chi connectivity index (χ1) is 10.7. The molecule has 2 heterocycles. The van der Waals surface area contributed by atoms with Gasteiger partial charge in [0, 0.05) is 32.9 Å². The summed E-state index contributed by atoms with van der Waals surface area (Å²) in [6.45, 7) is 2.91. The molecule has 116 valence electrons. The van der Waals surface area contributed by atoms with Gasteiger partial charge in [0.05, 0.1) is 11.8 Å². The Labute approximate surface area is 131 Å². The van der Waals surface area contributed by atoms with E-state index in [1.807, 2.05) is 48.3 Å². The first-order valence-corrected chi connectivity index (χ1v) is 7.87. The molecule has 0 unspecified atom stereocenters. The average molecular weight is 297 g/mol. The van der Waals surface area contributed by atoms with Crippen LogP contribution in [0.4, 0.5) is 0 Å². The first kappa shape index (κ1) is 15.0. The van der Waals surface area contributed by atoms with E-state index in [1.54, 1.807) is 0 Å². The van der Waals surface area contributed by atoms with Gasteiger partial charge in [0.25, 0.3) is 0 Å². The summed E-state index contributed by atoms with van der Waals surface area (Å²) in [7, 11) is 1.98. The van der Waals surface area contributed by atoms with E-state index in [9.17, 15) is 5.11 Å². The van der Waals surface area contributed by atoms with Crippen LogP contribution < -0.4 is 0 Å². The van der Waals surface area contributed by atoms with Crippen LogP contribution in [0.5, 0.6) is 0 Å². The number of hydrogen-bond acceptors (Lipinski definition) is 3. The van der Waals surface area contributed by atoms with Crippen LogP contribution in [0.25, 0.3) is 5.57 Å². The lowest BCUT2D eigenvalue weighted by Crippen LogP contribution is -2.30. The van der Waals surface area contributed by atoms with Gasteiger partial charge in [-0.3, -0.25) is 9.58 Å². The normalized spacial score (nSPS) is 17.3. The van der Waals surface area contributed by atoms with Gasteiger partial charge in [-0.25, -0.2) is 0 Å². The molecule has 0 saturated heterocycles. The molecule has 3 rings (SSSR count). The summed E-state index contributed by atoms with van der Waals surface area (Å²) < 4.78 is 1.93. The van der Waals surface area contributed by atoms with E-state index in [2.05, 4.69) is 22.1 Å². The van der Waals surface area contributed by atoms with Crippen LogP contribution in [0.15, 0.2) is 48.7 Å². The highest BCUT2D eigenvalue weighted by atomic mass is 16.3. The molecule has 0 radical (unpaired) electrons. The number of benzene rings is 1. The second-order valence-electron chi connectivity index (χ2n) is 5.84. The van der Waals surface area contributed by atoms with Gasteiger partial charge < -0.3 is 5.11 Å². The minimum atomic E-state index is -0.372. The molecule has 4 nitrogen and oxygen atoms in total. The molecule has 0 amide bonds. The maximum Gasteiger partial charge on any atom is 0.0802 e. The third kappa shape index (κ3) is 3.46. The third-order valence-corrected chi connectivity index (χ3v) is 4.35. The summed E-state index contributed by atoms with van der Waals surface area (Å²) in [5.41, 5.74) is 3.59. The number of aromatic nitrogens is 2. The highest BCUT2D eigenvalue weighted by Gasteiger charge is 2.16. The largest absolute Gasteiger partial charge is 0.388 e. The van der Waals surface area contributed by atoms with Gasteiger partial charge in [0.15, 0.2) is 0 Å². The van der Waals surface area contributed by atoms with E-state index in [0.717, 1.165) is 38.0 Å². The molecule has 1 aliphatic heterocycles. The average Bonchev–Trinajstić information content (AvgIpc) is 3.00. The molecule has 0 spiro atoms.